The van der Waals surface area contributed by atoms with Crippen molar-refractivity contribution in [2.75, 3.05) is 0 Å². The molecule has 0 N–H and O–H groups in total. The average Bonchev–Trinajstić information content (AvgIpc) is 3.11. The number of hydrogen-bond donors (Lipinski definition) is 0. The summed E-state index contributed by atoms with van der Waals surface area (Å²) in [5, 5.41) is 7.86. The van der Waals surface area contributed by atoms with Crippen molar-refractivity contribution in [1.82, 2.24) is 19.9 Å². The Morgan fingerprint density at radius 3 is 3.00 bits per heavy atom. The lowest BCUT2D eigenvalue weighted by Gasteiger charge is -1.99. The van der Waals surface area contributed by atoms with E-state index in [0.717, 1.165) is 4.88 Å². The van der Waals surface area contributed by atoms with Gasteiger partial charge in [0.15, 0.2) is 5.82 Å². The van der Waals surface area contributed by atoms with Crippen LogP contribution in [0.25, 0.3) is 12.2 Å². The van der Waals surface area contributed by atoms with E-state index in [4.69, 9.17) is 16.1 Å². The van der Waals surface area contributed by atoms with Crippen LogP contribution < -0.4 is 5.56 Å². The van der Waals surface area contributed by atoms with Gasteiger partial charge in [0.1, 0.15) is 11.6 Å². The van der Waals surface area contributed by atoms with E-state index < -0.39 is 5.56 Å². The van der Waals surface area contributed by atoms with Crippen molar-refractivity contribution in [2.24, 2.45) is 0 Å². The quantitative estimate of drug-likeness (QED) is 0.733. The Bertz CT molecular complexity index is 881. The van der Waals surface area contributed by atoms with Crippen molar-refractivity contribution >= 4 is 35.1 Å². The number of aromatic nitrogens is 4. The molecule has 0 unspecified atom stereocenters. The molecule has 3 aromatic rings. The van der Waals surface area contributed by atoms with Gasteiger partial charge < -0.3 is 4.52 Å². The molecule has 0 amide bonds. The van der Waals surface area contributed by atoms with Crippen LogP contribution in [0.4, 0.5) is 0 Å². The molecule has 0 aliphatic heterocycles. The van der Waals surface area contributed by atoms with Crippen LogP contribution in [0.3, 0.4) is 0 Å². The van der Waals surface area contributed by atoms with E-state index in [2.05, 4.69) is 15.2 Å². The first-order chi connectivity index (χ1) is 10.6. The topological polar surface area (TPSA) is 73.8 Å². The predicted octanol–water partition coefficient (Wildman–Crippen LogP) is 2.87. The third kappa shape index (κ3) is 3.32. The Kier molecular flexibility index (Phi) is 4.17. The molecule has 0 bridgehead atoms. The lowest BCUT2D eigenvalue weighted by molar-refractivity contribution is 0.361. The summed E-state index contributed by atoms with van der Waals surface area (Å²) in [6.45, 7) is 2.13. The van der Waals surface area contributed by atoms with Gasteiger partial charge in [0.2, 0.25) is 5.89 Å². The molecule has 0 aromatic carbocycles. The lowest BCUT2D eigenvalue weighted by atomic mass is 10.4. The van der Waals surface area contributed by atoms with Crippen molar-refractivity contribution in [2.45, 2.75) is 13.5 Å². The molecule has 0 aliphatic rings. The standard InChI is InChI=1S/C14H11ClN4O2S/c1-9-2-3-10(22-9)4-5-12-17-13(21-18-12)8-19-14(20)11(15)6-7-16-19/h2-7H,8H2,1H3/b5-4+. The molecule has 0 fully saturated rings. The summed E-state index contributed by atoms with van der Waals surface area (Å²) in [5.74, 6) is 0.731. The van der Waals surface area contributed by atoms with Crippen LogP contribution in [-0.4, -0.2) is 19.9 Å². The van der Waals surface area contributed by atoms with E-state index in [1.807, 2.05) is 25.1 Å². The molecule has 0 radical (unpaired) electrons. The molecule has 0 saturated carbocycles. The van der Waals surface area contributed by atoms with Crippen molar-refractivity contribution in [1.29, 1.82) is 0 Å². The zero-order valence-corrected chi connectivity index (χ0v) is 13.1. The Hall–Kier alpha value is -2.25. The minimum Gasteiger partial charge on any atom is -0.337 e. The average molecular weight is 335 g/mol. The molecule has 112 valence electrons. The van der Waals surface area contributed by atoms with Gasteiger partial charge in [-0.1, -0.05) is 16.8 Å². The van der Waals surface area contributed by atoms with Crippen molar-refractivity contribution in [3.05, 3.63) is 61.2 Å². The highest BCUT2D eigenvalue weighted by Crippen LogP contribution is 2.17. The summed E-state index contributed by atoms with van der Waals surface area (Å²) in [5.41, 5.74) is -0.395. The second kappa shape index (κ2) is 6.25. The number of thiophene rings is 1. The van der Waals surface area contributed by atoms with Crippen molar-refractivity contribution in [3.63, 3.8) is 0 Å². The molecular weight excluding hydrogens is 324 g/mol. The number of aryl methyl sites for hydroxylation is 1. The molecule has 3 heterocycles. The summed E-state index contributed by atoms with van der Waals surface area (Å²) in [4.78, 5) is 18.3. The summed E-state index contributed by atoms with van der Waals surface area (Å²) in [6.07, 6.45) is 5.11. The molecule has 6 nitrogen and oxygen atoms in total. The highest BCUT2D eigenvalue weighted by atomic mass is 35.5. The van der Waals surface area contributed by atoms with Crippen molar-refractivity contribution in [3.8, 4) is 0 Å². The second-order valence-electron chi connectivity index (χ2n) is 4.47. The first-order valence-electron chi connectivity index (χ1n) is 6.40. The maximum atomic E-state index is 11.8. The fourth-order valence-electron chi connectivity index (χ4n) is 1.77. The van der Waals surface area contributed by atoms with Gasteiger partial charge in [0.05, 0.1) is 0 Å². The fourth-order valence-corrected chi connectivity index (χ4v) is 2.70. The highest BCUT2D eigenvalue weighted by molar-refractivity contribution is 7.12. The van der Waals surface area contributed by atoms with E-state index >= 15 is 0 Å². The first kappa shape index (κ1) is 14.7. The van der Waals surface area contributed by atoms with Crippen LogP contribution in [0.2, 0.25) is 5.02 Å². The second-order valence-corrected chi connectivity index (χ2v) is 6.20. The van der Waals surface area contributed by atoms with Crippen LogP contribution >= 0.6 is 22.9 Å². The summed E-state index contributed by atoms with van der Waals surface area (Å²) < 4.78 is 6.28. The van der Waals surface area contributed by atoms with E-state index in [1.54, 1.807) is 17.4 Å². The SMILES string of the molecule is Cc1ccc(/C=C/c2noc(Cn3nccc(Cl)c3=O)n2)s1. The summed E-state index contributed by atoms with van der Waals surface area (Å²) in [7, 11) is 0. The summed E-state index contributed by atoms with van der Waals surface area (Å²) in [6, 6.07) is 5.50. The number of nitrogens with zero attached hydrogens (tertiary/aromatic N) is 4. The molecule has 3 aromatic heterocycles. The molecular formula is C14H11ClN4O2S. The van der Waals surface area contributed by atoms with E-state index in [0.29, 0.717) is 11.7 Å². The Labute approximate surface area is 134 Å². The van der Waals surface area contributed by atoms with Gasteiger partial charge in [0, 0.05) is 16.0 Å². The monoisotopic (exact) mass is 334 g/mol. The van der Waals surface area contributed by atoms with Gasteiger partial charge in [-0.15, -0.1) is 11.3 Å². The highest BCUT2D eigenvalue weighted by Gasteiger charge is 2.08. The molecule has 3 rings (SSSR count). The number of halogens is 1. The molecule has 0 atom stereocenters. The predicted molar refractivity (Wildman–Crippen MR) is 84.9 cm³/mol. The van der Waals surface area contributed by atoms with Crippen LogP contribution in [0.15, 0.2) is 33.7 Å². The third-order valence-electron chi connectivity index (χ3n) is 2.79. The van der Waals surface area contributed by atoms with Gasteiger partial charge in [-0.3, -0.25) is 4.79 Å². The normalized spacial score (nSPS) is 11.4. The van der Waals surface area contributed by atoms with Crippen LogP contribution in [0.5, 0.6) is 0 Å². The molecule has 0 spiro atoms. The summed E-state index contributed by atoms with van der Waals surface area (Å²) >= 11 is 7.43. The molecule has 0 aliphatic carbocycles. The lowest BCUT2D eigenvalue weighted by Crippen LogP contribution is -2.23. The molecule has 8 heteroatoms. The third-order valence-corrected chi connectivity index (χ3v) is 4.05. The van der Waals surface area contributed by atoms with Crippen molar-refractivity contribution < 1.29 is 4.52 Å². The fraction of sp³-hybridized carbons (Fsp3) is 0.143. The Morgan fingerprint density at radius 1 is 1.36 bits per heavy atom. The molecule has 22 heavy (non-hydrogen) atoms. The van der Waals surface area contributed by atoms with Gasteiger partial charge in [-0.2, -0.15) is 10.1 Å². The van der Waals surface area contributed by atoms with Gasteiger partial charge in [-0.05, 0) is 37.3 Å². The minimum atomic E-state index is -0.395. The first-order valence-corrected chi connectivity index (χ1v) is 7.60. The zero-order valence-electron chi connectivity index (χ0n) is 11.6. The van der Waals surface area contributed by atoms with Gasteiger partial charge in [-0.25, -0.2) is 4.68 Å². The molecule has 0 saturated heterocycles. The Morgan fingerprint density at radius 2 is 2.23 bits per heavy atom. The van der Waals surface area contributed by atoms with Crippen LogP contribution in [-0.2, 0) is 6.54 Å². The number of hydrogen-bond acceptors (Lipinski definition) is 6. The van der Waals surface area contributed by atoms with Crippen LogP contribution in [0.1, 0.15) is 21.5 Å². The largest absolute Gasteiger partial charge is 0.337 e. The maximum Gasteiger partial charge on any atom is 0.285 e. The van der Waals surface area contributed by atoms with E-state index in [9.17, 15) is 4.79 Å². The minimum absolute atomic E-state index is 0.0817. The van der Waals surface area contributed by atoms with E-state index in [1.165, 1.54) is 21.8 Å². The smallest absolute Gasteiger partial charge is 0.285 e. The maximum absolute atomic E-state index is 11.8. The van der Waals surface area contributed by atoms with Crippen LogP contribution in [0, 0.1) is 6.92 Å². The number of rotatable bonds is 4. The van der Waals surface area contributed by atoms with Gasteiger partial charge in [0.25, 0.3) is 5.56 Å². The van der Waals surface area contributed by atoms with E-state index in [-0.39, 0.29) is 11.6 Å². The Balaban J connectivity index is 1.75. The zero-order chi connectivity index (χ0) is 15.5. The van der Waals surface area contributed by atoms with Gasteiger partial charge >= 0.3 is 0 Å².